The lowest BCUT2D eigenvalue weighted by atomic mass is 10.0. The Hall–Kier alpha value is -4.03. The van der Waals surface area contributed by atoms with E-state index in [2.05, 4.69) is 10.2 Å². The second-order valence-electron chi connectivity index (χ2n) is 10.9. The first-order valence-corrected chi connectivity index (χ1v) is 13.1. The SMILES string of the molecule is CC(C)(C)OC(=O)N1CCCC(n2nc(-c3cnn(Cc4ccc(C(F)(F)F)cc4)c3)c(C(N)=O)c2N)CCC1. The van der Waals surface area contributed by atoms with Gasteiger partial charge in [-0.25, -0.2) is 9.48 Å². The molecule has 1 fully saturated rings. The molecule has 13 heteroatoms. The molecule has 4 N–H and O–H groups in total. The minimum atomic E-state index is -4.41. The van der Waals surface area contributed by atoms with Gasteiger partial charge in [-0.3, -0.25) is 9.48 Å². The Labute approximate surface area is 230 Å². The molecule has 1 saturated heterocycles. The fourth-order valence-corrected chi connectivity index (χ4v) is 4.77. The van der Waals surface area contributed by atoms with Crippen LogP contribution in [0.25, 0.3) is 11.3 Å². The summed E-state index contributed by atoms with van der Waals surface area (Å²) in [6.07, 6.45) is 1.15. The molecule has 0 spiro atoms. The van der Waals surface area contributed by atoms with Gasteiger partial charge in [-0.05, 0) is 64.2 Å². The van der Waals surface area contributed by atoms with Crippen LogP contribution >= 0.6 is 0 Å². The van der Waals surface area contributed by atoms with Gasteiger partial charge in [0.25, 0.3) is 5.91 Å². The van der Waals surface area contributed by atoms with Gasteiger partial charge in [0.1, 0.15) is 22.7 Å². The molecule has 0 radical (unpaired) electrons. The average molecular weight is 562 g/mol. The van der Waals surface area contributed by atoms with Crippen molar-refractivity contribution >= 4 is 17.8 Å². The van der Waals surface area contributed by atoms with Crippen LogP contribution in [0.3, 0.4) is 0 Å². The lowest BCUT2D eigenvalue weighted by Crippen LogP contribution is -2.39. The standard InChI is InChI=1S/C27H34F3N7O3/c1-26(2,3)40-25(39)35-12-4-6-20(7-5-13-35)37-23(31)21(24(32)38)22(34-37)18-14-33-36(16-18)15-17-8-10-19(11-9-17)27(28,29)30/h8-11,14,16,20H,4-7,12-13,15,31H2,1-3H3,(H2,32,38). The van der Waals surface area contributed by atoms with Gasteiger partial charge < -0.3 is 21.1 Å². The van der Waals surface area contributed by atoms with E-state index in [-0.39, 0.29) is 30.1 Å². The van der Waals surface area contributed by atoms with Crippen LogP contribution in [-0.2, 0) is 17.5 Å². The number of benzene rings is 1. The van der Waals surface area contributed by atoms with Crippen LogP contribution in [0.2, 0.25) is 0 Å². The number of primary amides is 1. The molecule has 10 nitrogen and oxygen atoms in total. The maximum atomic E-state index is 12.9. The normalized spacial score (nSPS) is 15.5. The molecule has 1 aliphatic heterocycles. The zero-order chi connectivity index (χ0) is 29.2. The van der Waals surface area contributed by atoms with Crippen LogP contribution in [0.4, 0.5) is 23.8 Å². The number of carbonyl (C=O) groups excluding carboxylic acids is 2. The molecule has 3 heterocycles. The Balaban J connectivity index is 1.50. The summed E-state index contributed by atoms with van der Waals surface area (Å²) < 4.78 is 47.3. The number of nitrogens with two attached hydrogens (primary N) is 2. The van der Waals surface area contributed by atoms with E-state index < -0.39 is 23.2 Å². The van der Waals surface area contributed by atoms with Crippen LogP contribution in [0.1, 0.15) is 74.0 Å². The molecule has 0 bridgehead atoms. The minimum absolute atomic E-state index is 0.0894. The number of nitrogens with zero attached hydrogens (tertiary/aromatic N) is 5. The zero-order valence-corrected chi connectivity index (χ0v) is 22.7. The number of hydrogen-bond acceptors (Lipinski definition) is 6. The quantitative estimate of drug-likeness (QED) is 0.458. The maximum absolute atomic E-state index is 12.9. The molecule has 2 amide bonds. The largest absolute Gasteiger partial charge is 0.444 e. The Bertz CT molecular complexity index is 1350. The molecule has 0 atom stereocenters. The lowest BCUT2D eigenvalue weighted by molar-refractivity contribution is -0.137. The number of nitrogen functional groups attached to an aromatic ring is 1. The molecule has 4 rings (SSSR count). The second-order valence-corrected chi connectivity index (χ2v) is 10.9. The molecule has 0 saturated carbocycles. The number of hydrogen-bond donors (Lipinski definition) is 2. The summed E-state index contributed by atoms with van der Waals surface area (Å²) in [4.78, 5) is 26.6. The van der Waals surface area contributed by atoms with Gasteiger partial charge in [-0.15, -0.1) is 0 Å². The van der Waals surface area contributed by atoms with Crippen LogP contribution < -0.4 is 11.5 Å². The topological polar surface area (TPSA) is 134 Å². The highest BCUT2D eigenvalue weighted by molar-refractivity contribution is 6.03. The number of rotatable bonds is 5. The van der Waals surface area contributed by atoms with Gasteiger partial charge in [0.2, 0.25) is 0 Å². The lowest BCUT2D eigenvalue weighted by Gasteiger charge is -2.30. The number of alkyl halides is 3. The summed E-state index contributed by atoms with van der Waals surface area (Å²) in [6, 6.07) is 4.73. The highest BCUT2D eigenvalue weighted by Crippen LogP contribution is 2.33. The third kappa shape index (κ3) is 6.75. The molecule has 1 aliphatic rings. The molecule has 2 aromatic heterocycles. The van der Waals surface area contributed by atoms with Gasteiger partial charge in [0.15, 0.2) is 0 Å². The molecule has 0 unspecified atom stereocenters. The number of halogens is 3. The summed E-state index contributed by atoms with van der Waals surface area (Å²) in [5, 5.41) is 8.96. The van der Waals surface area contributed by atoms with Crippen molar-refractivity contribution < 1.29 is 27.5 Å². The first-order chi connectivity index (χ1) is 18.7. The Morgan fingerprint density at radius 3 is 2.25 bits per heavy atom. The highest BCUT2D eigenvalue weighted by atomic mass is 19.4. The summed E-state index contributed by atoms with van der Waals surface area (Å²) in [7, 11) is 0. The first kappa shape index (κ1) is 29.0. The number of likely N-dealkylation sites (tertiary alicyclic amines) is 1. The van der Waals surface area contributed by atoms with E-state index in [4.69, 9.17) is 16.2 Å². The van der Waals surface area contributed by atoms with Crippen LogP contribution in [0, 0.1) is 0 Å². The van der Waals surface area contributed by atoms with Crippen molar-refractivity contribution in [3.05, 3.63) is 53.3 Å². The Morgan fingerprint density at radius 1 is 1.07 bits per heavy atom. The monoisotopic (exact) mass is 561 g/mol. The molecule has 1 aromatic carbocycles. The molecule has 0 aliphatic carbocycles. The summed E-state index contributed by atoms with van der Waals surface area (Å²) in [5.74, 6) is -0.566. The van der Waals surface area contributed by atoms with Crippen molar-refractivity contribution in [3.8, 4) is 11.3 Å². The molecular weight excluding hydrogens is 527 g/mol. The number of amides is 2. The zero-order valence-electron chi connectivity index (χ0n) is 22.7. The predicted molar refractivity (Wildman–Crippen MR) is 142 cm³/mol. The maximum Gasteiger partial charge on any atom is 0.416 e. The van der Waals surface area contributed by atoms with Gasteiger partial charge in [-0.1, -0.05) is 12.1 Å². The van der Waals surface area contributed by atoms with E-state index in [1.54, 1.807) is 20.5 Å². The van der Waals surface area contributed by atoms with Gasteiger partial charge in [-0.2, -0.15) is 23.4 Å². The Kier molecular flexibility index (Phi) is 8.13. The molecular formula is C27H34F3N7O3. The van der Waals surface area contributed by atoms with Crippen molar-refractivity contribution in [1.29, 1.82) is 0 Å². The van der Waals surface area contributed by atoms with Crippen LogP contribution in [-0.4, -0.2) is 55.2 Å². The van der Waals surface area contributed by atoms with Crippen molar-refractivity contribution in [3.63, 3.8) is 0 Å². The van der Waals surface area contributed by atoms with E-state index in [1.165, 1.54) is 18.3 Å². The number of anilines is 1. The predicted octanol–water partition coefficient (Wildman–Crippen LogP) is 4.85. The highest BCUT2D eigenvalue weighted by Gasteiger charge is 2.30. The Morgan fingerprint density at radius 2 is 1.70 bits per heavy atom. The second kappa shape index (κ2) is 11.2. The van der Waals surface area contributed by atoms with Gasteiger partial charge in [0.05, 0.1) is 24.3 Å². The third-order valence-electron chi connectivity index (χ3n) is 6.65. The fraction of sp³-hybridized carbons (Fsp3) is 0.481. The van der Waals surface area contributed by atoms with Gasteiger partial charge >= 0.3 is 12.3 Å². The third-order valence-corrected chi connectivity index (χ3v) is 6.65. The van der Waals surface area contributed by atoms with E-state index in [0.717, 1.165) is 12.1 Å². The number of ether oxygens (including phenoxy) is 1. The van der Waals surface area contributed by atoms with E-state index >= 15 is 0 Å². The molecule has 216 valence electrons. The van der Waals surface area contributed by atoms with Crippen LogP contribution in [0.5, 0.6) is 0 Å². The van der Waals surface area contributed by atoms with E-state index in [9.17, 15) is 22.8 Å². The van der Waals surface area contributed by atoms with E-state index in [0.29, 0.717) is 55.6 Å². The summed E-state index contributed by atoms with van der Waals surface area (Å²) in [6.45, 7) is 6.77. The minimum Gasteiger partial charge on any atom is -0.444 e. The van der Waals surface area contributed by atoms with Crippen molar-refractivity contribution in [2.45, 2.75) is 70.8 Å². The number of aromatic nitrogens is 4. The van der Waals surface area contributed by atoms with Crippen molar-refractivity contribution in [2.75, 3.05) is 18.8 Å². The average Bonchev–Trinajstić information content (AvgIpc) is 3.42. The first-order valence-electron chi connectivity index (χ1n) is 13.1. The van der Waals surface area contributed by atoms with Crippen molar-refractivity contribution in [2.24, 2.45) is 5.73 Å². The van der Waals surface area contributed by atoms with Crippen LogP contribution in [0.15, 0.2) is 36.7 Å². The smallest absolute Gasteiger partial charge is 0.416 e. The number of carbonyl (C=O) groups is 2. The van der Waals surface area contributed by atoms with Crippen molar-refractivity contribution in [1.82, 2.24) is 24.5 Å². The fourth-order valence-electron chi connectivity index (χ4n) is 4.77. The molecule has 40 heavy (non-hydrogen) atoms. The van der Waals surface area contributed by atoms with Gasteiger partial charge in [0, 0.05) is 24.8 Å². The summed E-state index contributed by atoms with van der Waals surface area (Å²) >= 11 is 0. The molecule has 3 aromatic rings. The van der Waals surface area contributed by atoms with E-state index in [1.807, 2.05) is 20.8 Å². The summed E-state index contributed by atoms with van der Waals surface area (Å²) in [5.41, 5.74) is 12.3.